The summed E-state index contributed by atoms with van der Waals surface area (Å²) in [7, 11) is 0. The van der Waals surface area contributed by atoms with Crippen LogP contribution in [0, 0.1) is 0 Å². The quantitative estimate of drug-likeness (QED) is 0.426. The van der Waals surface area contributed by atoms with Gasteiger partial charge >= 0.3 is 18.5 Å². The van der Waals surface area contributed by atoms with Gasteiger partial charge in [0, 0.05) is 37.8 Å². The van der Waals surface area contributed by atoms with Gasteiger partial charge in [-0.3, -0.25) is 4.79 Å². The molecule has 0 spiro atoms. The zero-order valence-electron chi connectivity index (χ0n) is 19.3. The summed E-state index contributed by atoms with van der Waals surface area (Å²) in [6.45, 7) is -0.718. The molecule has 0 bridgehead atoms. The Kier molecular flexibility index (Phi) is 7.86. The van der Waals surface area contributed by atoms with E-state index >= 15 is 0 Å². The third kappa shape index (κ3) is 5.93. The molecule has 16 heteroatoms. The van der Waals surface area contributed by atoms with Crippen LogP contribution in [0.15, 0.2) is 24.4 Å². The number of hydrogen-bond acceptors (Lipinski definition) is 4. The maximum absolute atomic E-state index is 14.3. The number of halogens is 11. The van der Waals surface area contributed by atoms with E-state index in [1.807, 2.05) is 0 Å². The number of amides is 1. The van der Waals surface area contributed by atoms with Crippen molar-refractivity contribution in [3.63, 3.8) is 0 Å². The smallest absolute Gasteiger partial charge is 0.352 e. The van der Waals surface area contributed by atoms with Gasteiger partial charge in [0.1, 0.15) is 11.1 Å². The summed E-state index contributed by atoms with van der Waals surface area (Å²) < 4.78 is 150. The van der Waals surface area contributed by atoms with Crippen LogP contribution in [0.1, 0.15) is 54.1 Å². The third-order valence-corrected chi connectivity index (χ3v) is 6.12. The topological polar surface area (TPSA) is 58.1 Å². The van der Waals surface area contributed by atoms with Gasteiger partial charge < -0.3 is 10.2 Å². The maximum atomic E-state index is 14.3. The van der Waals surface area contributed by atoms with Crippen molar-refractivity contribution in [1.29, 1.82) is 0 Å². The number of nitrogens with zero attached hydrogens (tertiary/aromatic N) is 3. The average molecular weight is 564 g/mol. The van der Waals surface area contributed by atoms with Crippen molar-refractivity contribution >= 4 is 11.9 Å². The van der Waals surface area contributed by atoms with Crippen molar-refractivity contribution in [2.24, 2.45) is 0 Å². The summed E-state index contributed by atoms with van der Waals surface area (Å²) in [5.41, 5.74) is -9.44. The SMILES string of the molecule is CCC(=O)NCc1cnc(N2CCC(c3cc(C(F)(F)F)cc(C(F)(F)F)c3)(C(F)(F)F)C2)nc1C(F)F. The van der Waals surface area contributed by atoms with Gasteiger partial charge in [0.15, 0.2) is 0 Å². The van der Waals surface area contributed by atoms with Crippen LogP contribution in [-0.4, -0.2) is 35.1 Å². The summed E-state index contributed by atoms with van der Waals surface area (Å²) in [6, 6.07) is -0.261. The highest BCUT2D eigenvalue weighted by Crippen LogP contribution is 2.50. The Balaban J connectivity index is 2.06. The van der Waals surface area contributed by atoms with Gasteiger partial charge in [0.05, 0.1) is 11.1 Å². The number of carbonyl (C=O) groups excluding carboxylic acids is 1. The Morgan fingerprint density at radius 3 is 2.08 bits per heavy atom. The normalized spacial score (nSPS) is 18.8. The molecule has 1 aliphatic heterocycles. The first-order valence-electron chi connectivity index (χ1n) is 10.9. The van der Waals surface area contributed by atoms with Crippen LogP contribution in [0.2, 0.25) is 0 Å². The first kappa shape index (κ1) is 29.4. The molecule has 0 saturated carbocycles. The number of alkyl halides is 11. The molecule has 1 saturated heterocycles. The van der Waals surface area contributed by atoms with Gasteiger partial charge in [-0.25, -0.2) is 18.7 Å². The lowest BCUT2D eigenvalue weighted by atomic mass is 9.77. The van der Waals surface area contributed by atoms with Crippen LogP contribution in [-0.2, 0) is 29.1 Å². The number of benzene rings is 1. The highest BCUT2D eigenvalue weighted by molar-refractivity contribution is 5.75. The van der Waals surface area contributed by atoms with Gasteiger partial charge in [-0.15, -0.1) is 0 Å². The minimum absolute atomic E-state index is 0.0111. The Labute approximate surface area is 208 Å². The Morgan fingerprint density at radius 1 is 1.03 bits per heavy atom. The van der Waals surface area contributed by atoms with Crippen LogP contribution in [0.5, 0.6) is 0 Å². The first-order valence-corrected chi connectivity index (χ1v) is 10.9. The predicted molar refractivity (Wildman–Crippen MR) is 110 cm³/mol. The molecule has 1 aliphatic rings. The number of rotatable bonds is 6. The number of carbonyl (C=O) groups is 1. The van der Waals surface area contributed by atoms with E-state index in [-0.39, 0.29) is 30.2 Å². The zero-order valence-corrected chi connectivity index (χ0v) is 19.3. The molecule has 1 amide bonds. The van der Waals surface area contributed by atoms with Gasteiger partial charge in [-0.2, -0.15) is 39.5 Å². The van der Waals surface area contributed by atoms with E-state index < -0.39 is 90.7 Å². The molecule has 0 radical (unpaired) electrons. The summed E-state index contributed by atoms with van der Waals surface area (Å²) >= 11 is 0. The van der Waals surface area contributed by atoms with Crippen molar-refractivity contribution in [3.05, 3.63) is 52.3 Å². The molecule has 1 aromatic carbocycles. The van der Waals surface area contributed by atoms with E-state index in [9.17, 15) is 53.1 Å². The number of hydrogen-bond donors (Lipinski definition) is 1. The summed E-state index contributed by atoms with van der Waals surface area (Å²) in [5, 5.41) is 2.32. The van der Waals surface area contributed by atoms with Crippen molar-refractivity contribution in [2.75, 3.05) is 18.0 Å². The second-order valence-electron chi connectivity index (χ2n) is 8.56. The molecule has 1 atom stereocenters. The third-order valence-electron chi connectivity index (χ3n) is 6.12. The van der Waals surface area contributed by atoms with Crippen LogP contribution in [0.3, 0.4) is 0 Å². The van der Waals surface area contributed by atoms with Gasteiger partial charge in [-0.1, -0.05) is 6.92 Å². The minimum Gasteiger partial charge on any atom is -0.352 e. The van der Waals surface area contributed by atoms with Crippen LogP contribution in [0.25, 0.3) is 0 Å². The lowest BCUT2D eigenvalue weighted by Gasteiger charge is -2.33. The molecule has 1 N–H and O–H groups in total. The van der Waals surface area contributed by atoms with E-state index in [1.165, 1.54) is 6.92 Å². The van der Waals surface area contributed by atoms with Crippen LogP contribution < -0.4 is 10.2 Å². The Bertz CT molecular complexity index is 1150. The second-order valence-corrected chi connectivity index (χ2v) is 8.56. The molecule has 2 heterocycles. The number of nitrogens with one attached hydrogen (secondary N) is 1. The summed E-state index contributed by atoms with van der Waals surface area (Å²) in [4.78, 5) is 19.5. The molecule has 1 fully saturated rings. The molecule has 2 aromatic rings. The predicted octanol–water partition coefficient (Wildman–Crippen LogP) is 6.19. The maximum Gasteiger partial charge on any atom is 0.416 e. The fraction of sp³-hybridized carbons (Fsp3) is 0.500. The highest BCUT2D eigenvalue weighted by atomic mass is 19.4. The van der Waals surface area contributed by atoms with Crippen molar-refractivity contribution in [2.45, 2.75) is 56.7 Å². The second kappa shape index (κ2) is 10.2. The number of anilines is 1. The van der Waals surface area contributed by atoms with E-state index in [1.54, 1.807) is 0 Å². The molecule has 210 valence electrons. The standard InChI is InChI=1S/C22H19F11N4O/c1-2-15(38)34-8-11-9-35-18(36-16(11)17(23)24)37-4-3-19(10-37,22(31,32)33)12-5-13(20(25,26)27)7-14(6-12)21(28,29)30/h5-7,9,17H,2-4,8,10H2,1H3,(H,34,38). The molecule has 5 nitrogen and oxygen atoms in total. The molecular formula is C22H19F11N4O. The molecule has 1 unspecified atom stereocenters. The molecule has 3 rings (SSSR count). The Morgan fingerprint density at radius 2 is 1.61 bits per heavy atom. The van der Waals surface area contributed by atoms with Crippen LogP contribution >= 0.6 is 0 Å². The van der Waals surface area contributed by atoms with E-state index in [4.69, 9.17) is 0 Å². The van der Waals surface area contributed by atoms with Crippen molar-refractivity contribution < 1.29 is 53.1 Å². The van der Waals surface area contributed by atoms with Crippen LogP contribution in [0.4, 0.5) is 54.2 Å². The lowest BCUT2D eigenvalue weighted by molar-refractivity contribution is -0.185. The van der Waals surface area contributed by atoms with Gasteiger partial charge in [0.25, 0.3) is 6.43 Å². The minimum atomic E-state index is -5.38. The van der Waals surface area contributed by atoms with Gasteiger partial charge in [0.2, 0.25) is 11.9 Å². The monoisotopic (exact) mass is 564 g/mol. The lowest BCUT2D eigenvalue weighted by Crippen LogP contribution is -2.45. The van der Waals surface area contributed by atoms with E-state index in [0.29, 0.717) is 0 Å². The van der Waals surface area contributed by atoms with E-state index in [0.717, 1.165) is 11.1 Å². The van der Waals surface area contributed by atoms with Crippen molar-refractivity contribution in [1.82, 2.24) is 15.3 Å². The molecule has 1 aromatic heterocycles. The zero-order chi connectivity index (χ0) is 28.7. The van der Waals surface area contributed by atoms with Crippen molar-refractivity contribution in [3.8, 4) is 0 Å². The summed E-state index contributed by atoms with van der Waals surface area (Å²) in [6.07, 6.45) is -19.4. The molecule has 38 heavy (non-hydrogen) atoms. The fourth-order valence-electron chi connectivity index (χ4n) is 4.05. The molecule has 0 aliphatic carbocycles. The number of aromatic nitrogens is 2. The summed E-state index contributed by atoms with van der Waals surface area (Å²) in [5.74, 6) is -1.11. The average Bonchev–Trinajstić information content (AvgIpc) is 3.28. The van der Waals surface area contributed by atoms with E-state index in [2.05, 4.69) is 15.3 Å². The molecular weight excluding hydrogens is 545 g/mol. The van der Waals surface area contributed by atoms with Gasteiger partial charge in [-0.05, 0) is 30.2 Å². The highest BCUT2D eigenvalue weighted by Gasteiger charge is 2.60. The fourth-order valence-corrected chi connectivity index (χ4v) is 4.05. The first-order chi connectivity index (χ1) is 17.4. The largest absolute Gasteiger partial charge is 0.416 e. The Hall–Kier alpha value is -3.20.